The van der Waals surface area contributed by atoms with Crippen LogP contribution in [0.1, 0.15) is 64.3 Å². The van der Waals surface area contributed by atoms with Crippen molar-refractivity contribution in [2.24, 2.45) is 0 Å². The first-order chi connectivity index (χ1) is 10.0. The van der Waals surface area contributed by atoms with Gasteiger partial charge in [-0.3, -0.25) is 9.88 Å². The summed E-state index contributed by atoms with van der Waals surface area (Å²) in [6, 6.07) is 6.43. The van der Waals surface area contributed by atoms with Crippen LogP contribution in [0, 0.1) is 0 Å². The maximum atomic E-state index is 4.82. The predicted molar refractivity (Wildman–Crippen MR) is 89.2 cm³/mol. The first-order valence-electron chi connectivity index (χ1n) is 8.45. The molecule has 1 aliphatic heterocycles. The van der Waals surface area contributed by atoms with E-state index in [4.69, 9.17) is 4.98 Å². The highest BCUT2D eigenvalue weighted by molar-refractivity contribution is 5.11. The highest BCUT2D eigenvalue weighted by atomic mass is 15.1. The Morgan fingerprint density at radius 2 is 1.62 bits per heavy atom. The van der Waals surface area contributed by atoms with Crippen LogP contribution < -0.4 is 5.32 Å². The molecule has 1 aromatic rings. The average Bonchev–Trinajstić information content (AvgIpc) is 2.39. The quantitative estimate of drug-likeness (QED) is 0.915. The number of nitrogens with one attached hydrogen (secondary N) is 1. The maximum Gasteiger partial charge on any atom is 0.0547 e. The molecule has 3 nitrogen and oxygen atoms in total. The van der Waals surface area contributed by atoms with Gasteiger partial charge in [0.25, 0.3) is 0 Å². The van der Waals surface area contributed by atoms with E-state index in [-0.39, 0.29) is 5.54 Å². The van der Waals surface area contributed by atoms with Crippen molar-refractivity contribution < 1.29 is 0 Å². The number of hydrogen-bond acceptors (Lipinski definition) is 3. The van der Waals surface area contributed by atoms with Crippen molar-refractivity contribution in [3.8, 4) is 0 Å². The normalized spacial score (nSPS) is 18.2. The molecule has 1 saturated heterocycles. The smallest absolute Gasteiger partial charge is 0.0547 e. The van der Waals surface area contributed by atoms with Gasteiger partial charge in [0.1, 0.15) is 0 Å². The summed E-state index contributed by atoms with van der Waals surface area (Å²) in [5.74, 6) is 0. The van der Waals surface area contributed by atoms with E-state index < -0.39 is 0 Å². The second kappa shape index (κ2) is 7.90. The van der Waals surface area contributed by atoms with E-state index in [9.17, 15) is 0 Å². The molecule has 0 aliphatic carbocycles. The first-order valence-corrected chi connectivity index (χ1v) is 8.45. The zero-order chi connectivity index (χ0) is 15.1. The fourth-order valence-corrected chi connectivity index (χ4v) is 2.77. The summed E-state index contributed by atoms with van der Waals surface area (Å²) < 4.78 is 0. The zero-order valence-corrected chi connectivity index (χ0v) is 14.0. The van der Waals surface area contributed by atoms with Crippen molar-refractivity contribution in [1.29, 1.82) is 0 Å². The van der Waals surface area contributed by atoms with Crippen molar-refractivity contribution in [2.45, 2.75) is 71.5 Å². The van der Waals surface area contributed by atoms with E-state index in [1.165, 1.54) is 50.9 Å². The maximum absolute atomic E-state index is 4.82. The lowest BCUT2D eigenvalue weighted by Crippen LogP contribution is -2.35. The number of nitrogens with zero attached hydrogens (tertiary/aromatic N) is 2. The SMILES string of the molecule is CC(C)(C)NCc1cccc(CN2CCCCCCC2)n1. The Hall–Kier alpha value is -0.930. The molecule has 2 heterocycles. The molecule has 1 fully saturated rings. The number of hydrogen-bond donors (Lipinski definition) is 1. The Morgan fingerprint density at radius 1 is 1.00 bits per heavy atom. The minimum atomic E-state index is 0.140. The summed E-state index contributed by atoms with van der Waals surface area (Å²) in [5.41, 5.74) is 2.50. The fourth-order valence-electron chi connectivity index (χ4n) is 2.77. The topological polar surface area (TPSA) is 28.2 Å². The molecule has 1 aliphatic rings. The Labute approximate surface area is 130 Å². The largest absolute Gasteiger partial charge is 0.306 e. The van der Waals surface area contributed by atoms with Crippen LogP contribution in [0.25, 0.3) is 0 Å². The van der Waals surface area contributed by atoms with Gasteiger partial charge >= 0.3 is 0 Å². The lowest BCUT2D eigenvalue weighted by Gasteiger charge is -2.24. The molecular weight excluding hydrogens is 258 g/mol. The molecule has 0 bridgehead atoms. The summed E-state index contributed by atoms with van der Waals surface area (Å²) in [7, 11) is 0. The highest BCUT2D eigenvalue weighted by Gasteiger charge is 2.11. The lowest BCUT2D eigenvalue weighted by molar-refractivity contribution is 0.237. The van der Waals surface area contributed by atoms with E-state index >= 15 is 0 Å². The average molecular weight is 289 g/mol. The fraction of sp³-hybridized carbons (Fsp3) is 0.722. The monoisotopic (exact) mass is 289 g/mol. The molecule has 0 amide bonds. The van der Waals surface area contributed by atoms with Gasteiger partial charge in [0.05, 0.1) is 11.4 Å². The molecule has 3 heteroatoms. The van der Waals surface area contributed by atoms with Crippen LogP contribution in [0.3, 0.4) is 0 Å². The van der Waals surface area contributed by atoms with Crippen molar-refractivity contribution in [1.82, 2.24) is 15.2 Å². The van der Waals surface area contributed by atoms with Crippen LogP contribution in [0.2, 0.25) is 0 Å². The zero-order valence-electron chi connectivity index (χ0n) is 14.0. The van der Waals surface area contributed by atoms with Gasteiger partial charge in [-0.25, -0.2) is 0 Å². The number of rotatable bonds is 4. The summed E-state index contributed by atoms with van der Waals surface area (Å²) in [4.78, 5) is 7.39. The van der Waals surface area contributed by atoms with Crippen LogP contribution in [0.5, 0.6) is 0 Å². The number of pyridine rings is 1. The second-order valence-corrected chi connectivity index (χ2v) is 7.27. The van der Waals surface area contributed by atoms with E-state index in [1.807, 2.05) is 0 Å². The second-order valence-electron chi connectivity index (χ2n) is 7.27. The minimum Gasteiger partial charge on any atom is -0.306 e. The van der Waals surface area contributed by atoms with Crippen molar-refractivity contribution in [3.63, 3.8) is 0 Å². The van der Waals surface area contributed by atoms with Crippen LogP contribution in [0.15, 0.2) is 18.2 Å². The molecule has 0 atom stereocenters. The van der Waals surface area contributed by atoms with Crippen molar-refractivity contribution in [3.05, 3.63) is 29.6 Å². The number of aromatic nitrogens is 1. The van der Waals surface area contributed by atoms with Gasteiger partial charge < -0.3 is 5.32 Å². The van der Waals surface area contributed by atoms with Crippen molar-refractivity contribution in [2.75, 3.05) is 13.1 Å². The summed E-state index contributed by atoms with van der Waals surface area (Å²) >= 11 is 0. The number of likely N-dealkylation sites (tertiary alicyclic amines) is 1. The molecule has 0 unspecified atom stereocenters. The van der Waals surface area contributed by atoms with Crippen LogP contribution in [-0.4, -0.2) is 28.5 Å². The molecule has 118 valence electrons. The van der Waals surface area contributed by atoms with Gasteiger partial charge in [0.15, 0.2) is 0 Å². The molecule has 0 spiro atoms. The standard InChI is InChI=1S/C18H31N3/c1-18(2,3)19-14-16-10-9-11-17(20-16)15-21-12-7-5-4-6-8-13-21/h9-11,19H,4-8,12-15H2,1-3H3. The summed E-state index contributed by atoms with van der Waals surface area (Å²) in [6.07, 6.45) is 6.87. The third-order valence-corrected chi connectivity index (χ3v) is 4.00. The molecule has 0 aromatic carbocycles. The van der Waals surface area contributed by atoms with Crippen molar-refractivity contribution >= 4 is 0 Å². The predicted octanol–water partition coefficient (Wildman–Crippen LogP) is 3.74. The Kier molecular flexibility index (Phi) is 6.19. The summed E-state index contributed by atoms with van der Waals surface area (Å²) in [5, 5.41) is 3.51. The third kappa shape index (κ3) is 6.58. The molecule has 0 saturated carbocycles. The van der Waals surface area contributed by atoms with Gasteiger partial charge in [0, 0.05) is 18.6 Å². The van der Waals surface area contributed by atoms with Crippen LogP contribution in [-0.2, 0) is 13.1 Å². The van der Waals surface area contributed by atoms with E-state index in [0.717, 1.165) is 18.8 Å². The Bertz CT molecular complexity index is 415. The third-order valence-electron chi connectivity index (χ3n) is 4.00. The molecule has 0 radical (unpaired) electrons. The molecule has 21 heavy (non-hydrogen) atoms. The van der Waals surface area contributed by atoms with Crippen LogP contribution >= 0.6 is 0 Å². The molecule has 2 rings (SSSR count). The Balaban J connectivity index is 1.90. The minimum absolute atomic E-state index is 0.140. The van der Waals surface area contributed by atoms with E-state index in [1.54, 1.807) is 0 Å². The van der Waals surface area contributed by atoms with Gasteiger partial charge in [-0.05, 0) is 58.8 Å². The molecular formula is C18H31N3. The Morgan fingerprint density at radius 3 is 2.29 bits per heavy atom. The van der Waals surface area contributed by atoms with E-state index in [0.29, 0.717) is 0 Å². The molecule has 1 N–H and O–H groups in total. The molecule has 1 aromatic heterocycles. The van der Waals surface area contributed by atoms with Crippen LogP contribution in [0.4, 0.5) is 0 Å². The van der Waals surface area contributed by atoms with E-state index in [2.05, 4.69) is 49.2 Å². The lowest BCUT2D eigenvalue weighted by atomic mass is 10.1. The van der Waals surface area contributed by atoms with Gasteiger partial charge in [-0.1, -0.05) is 25.3 Å². The van der Waals surface area contributed by atoms with Gasteiger partial charge in [-0.15, -0.1) is 0 Å². The van der Waals surface area contributed by atoms with Gasteiger partial charge in [0.2, 0.25) is 0 Å². The van der Waals surface area contributed by atoms with Gasteiger partial charge in [-0.2, -0.15) is 0 Å². The highest BCUT2D eigenvalue weighted by Crippen LogP contribution is 2.13. The summed E-state index contributed by atoms with van der Waals surface area (Å²) in [6.45, 7) is 10.9. The first kappa shape index (κ1) is 16.4.